The second-order valence-corrected chi connectivity index (χ2v) is 7.48. The lowest BCUT2D eigenvalue weighted by molar-refractivity contribution is -0.117. The topological polar surface area (TPSA) is 58.6 Å². The third-order valence-electron chi connectivity index (χ3n) is 4.57. The van der Waals surface area contributed by atoms with E-state index in [1.165, 1.54) is 29.3 Å². The van der Waals surface area contributed by atoms with Crippen LogP contribution in [0.2, 0.25) is 10.0 Å². The molecule has 1 aliphatic heterocycles. The highest BCUT2D eigenvalue weighted by Crippen LogP contribution is 2.36. The fraction of sp³-hybridized carbons (Fsp3) is 0.0435. The molecule has 0 unspecified atom stereocenters. The van der Waals surface area contributed by atoms with Crippen molar-refractivity contribution in [2.24, 2.45) is 0 Å². The summed E-state index contributed by atoms with van der Waals surface area (Å²) >= 11 is 12.6. The number of para-hydroxylation sites is 1. The van der Waals surface area contributed by atoms with Crippen LogP contribution in [0.1, 0.15) is 11.1 Å². The molecule has 0 aliphatic carbocycles. The van der Waals surface area contributed by atoms with Crippen molar-refractivity contribution in [3.8, 4) is 5.75 Å². The number of hydrogen-bond acceptors (Lipinski definition) is 3. The van der Waals surface area contributed by atoms with Crippen molar-refractivity contribution in [1.82, 2.24) is 5.43 Å². The molecule has 0 spiro atoms. The Morgan fingerprint density at radius 3 is 2.29 bits per heavy atom. The van der Waals surface area contributed by atoms with E-state index in [-0.39, 0.29) is 28.0 Å². The Kier molecular flexibility index (Phi) is 5.93. The van der Waals surface area contributed by atoms with Crippen molar-refractivity contribution in [2.45, 2.75) is 6.61 Å². The molecule has 0 atom stereocenters. The molecule has 2 amide bonds. The molecule has 1 heterocycles. The van der Waals surface area contributed by atoms with Crippen LogP contribution in [0.4, 0.5) is 10.1 Å². The van der Waals surface area contributed by atoms with Gasteiger partial charge in [0.05, 0.1) is 15.7 Å². The molecule has 3 aromatic carbocycles. The van der Waals surface area contributed by atoms with Gasteiger partial charge in [-0.1, -0.05) is 59.6 Å². The van der Waals surface area contributed by atoms with Gasteiger partial charge in [-0.05, 0) is 42.0 Å². The molecule has 31 heavy (non-hydrogen) atoms. The number of benzene rings is 3. The highest BCUT2D eigenvalue weighted by atomic mass is 35.5. The number of nitrogens with zero attached hydrogens (tertiary/aromatic N) is 1. The van der Waals surface area contributed by atoms with Gasteiger partial charge in [-0.2, -0.15) is 0 Å². The fourth-order valence-electron chi connectivity index (χ4n) is 3.05. The number of hydrogen-bond donors (Lipinski definition) is 1. The Balaban J connectivity index is 1.56. The van der Waals surface area contributed by atoms with Crippen LogP contribution in [-0.4, -0.2) is 11.8 Å². The van der Waals surface area contributed by atoms with Crippen LogP contribution in [0.3, 0.4) is 0 Å². The maximum absolute atomic E-state index is 13.8. The Morgan fingerprint density at radius 2 is 1.61 bits per heavy atom. The fourth-order valence-corrected chi connectivity index (χ4v) is 3.66. The van der Waals surface area contributed by atoms with E-state index in [2.05, 4.69) is 5.43 Å². The molecule has 1 aliphatic rings. The summed E-state index contributed by atoms with van der Waals surface area (Å²) in [6.07, 6.45) is 1.40. The number of carbonyl (C=O) groups is 2. The molecule has 8 heteroatoms. The zero-order valence-corrected chi connectivity index (χ0v) is 17.5. The summed E-state index contributed by atoms with van der Waals surface area (Å²) in [5, 5.41) is 1.51. The molecule has 3 aromatic rings. The molecular formula is C23H15Cl2FN2O3. The number of halogens is 3. The van der Waals surface area contributed by atoms with Gasteiger partial charge in [0.2, 0.25) is 0 Å². The molecule has 0 radical (unpaired) electrons. The zero-order chi connectivity index (χ0) is 22.0. The molecule has 1 fully saturated rings. The van der Waals surface area contributed by atoms with E-state index in [1.54, 1.807) is 42.5 Å². The van der Waals surface area contributed by atoms with Gasteiger partial charge in [0.15, 0.2) is 5.75 Å². The summed E-state index contributed by atoms with van der Waals surface area (Å²) in [5.41, 5.74) is 3.81. The lowest BCUT2D eigenvalue weighted by atomic mass is 10.1. The average Bonchev–Trinajstić information content (AvgIpc) is 3.03. The monoisotopic (exact) mass is 456 g/mol. The first-order valence-corrected chi connectivity index (χ1v) is 9.97. The van der Waals surface area contributed by atoms with Crippen molar-refractivity contribution in [1.29, 1.82) is 0 Å². The van der Waals surface area contributed by atoms with Crippen LogP contribution < -0.4 is 15.2 Å². The number of carbonyl (C=O) groups excluding carboxylic acids is 2. The van der Waals surface area contributed by atoms with Gasteiger partial charge >= 0.3 is 0 Å². The van der Waals surface area contributed by atoms with Crippen LogP contribution in [0.5, 0.6) is 5.75 Å². The zero-order valence-electron chi connectivity index (χ0n) is 15.9. The highest BCUT2D eigenvalue weighted by molar-refractivity contribution is 6.37. The van der Waals surface area contributed by atoms with E-state index in [1.807, 2.05) is 6.07 Å². The molecule has 0 aromatic heterocycles. The maximum Gasteiger partial charge on any atom is 0.282 e. The average molecular weight is 457 g/mol. The Labute approximate surface area is 187 Å². The minimum absolute atomic E-state index is 0.0561. The molecule has 4 rings (SSSR count). The maximum atomic E-state index is 13.8. The number of nitrogens with one attached hydrogen (secondary N) is 1. The predicted octanol–water partition coefficient (Wildman–Crippen LogP) is 5.17. The van der Waals surface area contributed by atoms with E-state index in [0.717, 1.165) is 0 Å². The SMILES string of the molecule is O=C1NN(c2ccccc2)C(=O)C1=Cc1cc(Cl)c(OCc2ccccc2F)c(Cl)c1. The molecule has 5 nitrogen and oxygen atoms in total. The summed E-state index contributed by atoms with van der Waals surface area (Å²) in [7, 11) is 0. The van der Waals surface area contributed by atoms with Gasteiger partial charge < -0.3 is 4.74 Å². The van der Waals surface area contributed by atoms with Gasteiger partial charge in [0.1, 0.15) is 18.0 Å². The predicted molar refractivity (Wildman–Crippen MR) is 117 cm³/mol. The van der Waals surface area contributed by atoms with Gasteiger partial charge in [-0.3, -0.25) is 15.0 Å². The lowest BCUT2D eigenvalue weighted by Gasteiger charge is -2.14. The van der Waals surface area contributed by atoms with Crippen molar-refractivity contribution in [3.63, 3.8) is 0 Å². The summed E-state index contributed by atoms with van der Waals surface area (Å²) in [6, 6.07) is 18.0. The second kappa shape index (κ2) is 8.79. The summed E-state index contributed by atoms with van der Waals surface area (Å²) < 4.78 is 19.4. The summed E-state index contributed by atoms with van der Waals surface area (Å²) in [6.45, 7) is -0.0561. The largest absolute Gasteiger partial charge is 0.486 e. The van der Waals surface area contributed by atoms with Crippen molar-refractivity contribution in [3.05, 3.63) is 99.3 Å². The van der Waals surface area contributed by atoms with Gasteiger partial charge in [-0.25, -0.2) is 9.40 Å². The van der Waals surface area contributed by atoms with Crippen LogP contribution in [-0.2, 0) is 16.2 Å². The van der Waals surface area contributed by atoms with E-state index < -0.39 is 17.6 Å². The van der Waals surface area contributed by atoms with Gasteiger partial charge in [-0.15, -0.1) is 0 Å². The molecule has 0 saturated carbocycles. The summed E-state index contributed by atoms with van der Waals surface area (Å²) in [4.78, 5) is 25.0. The molecule has 0 bridgehead atoms. The van der Waals surface area contributed by atoms with Crippen LogP contribution in [0.25, 0.3) is 6.08 Å². The number of anilines is 1. The Bertz CT molecular complexity index is 1180. The third kappa shape index (κ3) is 4.40. The van der Waals surface area contributed by atoms with E-state index in [0.29, 0.717) is 16.8 Å². The smallest absolute Gasteiger partial charge is 0.282 e. The third-order valence-corrected chi connectivity index (χ3v) is 5.13. The second-order valence-electron chi connectivity index (χ2n) is 6.67. The van der Waals surface area contributed by atoms with Crippen molar-refractivity contribution in [2.75, 3.05) is 5.01 Å². The first-order valence-electron chi connectivity index (χ1n) is 9.21. The quantitative estimate of drug-likeness (QED) is 0.425. The van der Waals surface area contributed by atoms with Gasteiger partial charge in [0, 0.05) is 5.56 Å². The van der Waals surface area contributed by atoms with Crippen LogP contribution >= 0.6 is 23.2 Å². The molecular weight excluding hydrogens is 442 g/mol. The molecule has 156 valence electrons. The van der Waals surface area contributed by atoms with Crippen LogP contribution in [0, 0.1) is 5.82 Å². The Hall–Kier alpha value is -3.35. The highest BCUT2D eigenvalue weighted by Gasteiger charge is 2.34. The molecule has 1 N–H and O–H groups in total. The van der Waals surface area contributed by atoms with E-state index >= 15 is 0 Å². The minimum atomic E-state index is -0.541. The minimum Gasteiger partial charge on any atom is -0.486 e. The molecule has 1 saturated heterocycles. The first kappa shape index (κ1) is 20.9. The van der Waals surface area contributed by atoms with E-state index in [9.17, 15) is 14.0 Å². The number of amides is 2. The van der Waals surface area contributed by atoms with Gasteiger partial charge in [0.25, 0.3) is 11.8 Å². The standard InChI is InChI=1S/C23H15Cl2FN2O3/c24-18-11-14(12-19(25)21(18)31-13-15-6-4-5-9-20(15)26)10-17-22(29)27-28(23(17)30)16-7-2-1-3-8-16/h1-12H,13H2,(H,27,29). The van der Waals surface area contributed by atoms with Crippen molar-refractivity contribution >= 4 is 46.8 Å². The van der Waals surface area contributed by atoms with E-state index in [4.69, 9.17) is 27.9 Å². The number of rotatable bonds is 5. The Morgan fingerprint density at radius 1 is 0.968 bits per heavy atom. The van der Waals surface area contributed by atoms with Crippen LogP contribution in [0.15, 0.2) is 72.3 Å². The lowest BCUT2D eigenvalue weighted by Crippen LogP contribution is -2.35. The number of ether oxygens (including phenoxy) is 1. The number of hydrazine groups is 1. The summed E-state index contributed by atoms with van der Waals surface area (Å²) in [5.74, 6) is -1.25. The first-order chi connectivity index (χ1) is 14.9. The van der Waals surface area contributed by atoms with Crippen molar-refractivity contribution < 1.29 is 18.7 Å². The normalized spacial score (nSPS) is 14.8.